The van der Waals surface area contributed by atoms with Gasteiger partial charge in [0.1, 0.15) is 0 Å². The third-order valence-electron chi connectivity index (χ3n) is 3.72. The summed E-state index contributed by atoms with van der Waals surface area (Å²) in [4.78, 5) is 13.4. The van der Waals surface area contributed by atoms with Crippen molar-refractivity contribution >= 4 is 17.7 Å². The molecule has 2 nitrogen and oxygen atoms in total. The van der Waals surface area contributed by atoms with Crippen molar-refractivity contribution in [2.45, 2.75) is 44.0 Å². The number of benzene rings is 1. The molecule has 2 rings (SSSR count). The van der Waals surface area contributed by atoms with Crippen LogP contribution in [-0.4, -0.2) is 18.2 Å². The van der Waals surface area contributed by atoms with E-state index in [0.29, 0.717) is 6.04 Å². The number of hydrogen-bond donors (Lipinski definition) is 1. The fourth-order valence-electron chi connectivity index (χ4n) is 2.57. The lowest BCUT2D eigenvalue weighted by Gasteiger charge is -2.14. The van der Waals surface area contributed by atoms with E-state index in [0.717, 1.165) is 34.8 Å². The molecule has 0 aliphatic heterocycles. The van der Waals surface area contributed by atoms with E-state index in [4.69, 9.17) is 0 Å². The molecule has 0 spiro atoms. The Morgan fingerprint density at radius 1 is 1.39 bits per heavy atom. The van der Waals surface area contributed by atoms with Crippen molar-refractivity contribution in [3.05, 3.63) is 29.3 Å². The molecule has 1 aromatic rings. The maximum absolute atomic E-state index is 12.3. The molecule has 98 valence electrons. The van der Waals surface area contributed by atoms with Crippen molar-refractivity contribution in [2.24, 2.45) is 5.92 Å². The van der Waals surface area contributed by atoms with Crippen molar-refractivity contribution in [3.8, 4) is 0 Å². The van der Waals surface area contributed by atoms with Crippen LogP contribution in [-0.2, 0) is 0 Å². The molecular formula is C15H21NOS. The summed E-state index contributed by atoms with van der Waals surface area (Å²) in [5, 5.41) is 3.17. The van der Waals surface area contributed by atoms with E-state index in [1.807, 2.05) is 25.3 Å². The summed E-state index contributed by atoms with van der Waals surface area (Å²) >= 11 is 1.67. The fraction of sp³-hybridized carbons (Fsp3) is 0.533. The Hall–Kier alpha value is -0.960. The Morgan fingerprint density at radius 3 is 2.78 bits per heavy atom. The van der Waals surface area contributed by atoms with E-state index in [2.05, 4.69) is 18.3 Å². The lowest BCUT2D eigenvalue weighted by Crippen LogP contribution is -2.33. The first-order valence-corrected chi connectivity index (χ1v) is 7.78. The van der Waals surface area contributed by atoms with Gasteiger partial charge in [0.2, 0.25) is 0 Å². The van der Waals surface area contributed by atoms with E-state index in [-0.39, 0.29) is 5.91 Å². The van der Waals surface area contributed by atoms with Gasteiger partial charge in [0.05, 0.1) is 0 Å². The van der Waals surface area contributed by atoms with E-state index in [9.17, 15) is 4.79 Å². The zero-order valence-electron chi connectivity index (χ0n) is 11.3. The van der Waals surface area contributed by atoms with E-state index < -0.39 is 0 Å². The van der Waals surface area contributed by atoms with Crippen LogP contribution >= 0.6 is 11.8 Å². The summed E-state index contributed by atoms with van der Waals surface area (Å²) in [6, 6.07) is 6.45. The monoisotopic (exact) mass is 263 g/mol. The molecule has 1 saturated carbocycles. The molecule has 0 aromatic heterocycles. The molecule has 2 atom stereocenters. The second-order valence-electron chi connectivity index (χ2n) is 5.27. The summed E-state index contributed by atoms with van der Waals surface area (Å²) in [6.07, 6.45) is 5.50. The van der Waals surface area contributed by atoms with Crippen molar-refractivity contribution in [3.63, 3.8) is 0 Å². The Balaban J connectivity index is 2.08. The molecule has 0 saturated heterocycles. The van der Waals surface area contributed by atoms with Gasteiger partial charge in [0.15, 0.2) is 0 Å². The van der Waals surface area contributed by atoms with Crippen LogP contribution in [0.4, 0.5) is 0 Å². The average molecular weight is 263 g/mol. The summed E-state index contributed by atoms with van der Waals surface area (Å²) < 4.78 is 0. The Labute approximate surface area is 114 Å². The summed E-state index contributed by atoms with van der Waals surface area (Å²) in [7, 11) is 0. The Bertz CT molecular complexity index is 444. The van der Waals surface area contributed by atoms with Gasteiger partial charge in [0.25, 0.3) is 5.91 Å². The molecule has 0 radical (unpaired) electrons. The van der Waals surface area contributed by atoms with Crippen LogP contribution in [0.5, 0.6) is 0 Å². The van der Waals surface area contributed by atoms with Gasteiger partial charge in [0, 0.05) is 16.5 Å². The van der Waals surface area contributed by atoms with E-state index in [1.165, 1.54) is 6.42 Å². The van der Waals surface area contributed by atoms with E-state index >= 15 is 0 Å². The van der Waals surface area contributed by atoms with E-state index in [1.54, 1.807) is 11.8 Å². The summed E-state index contributed by atoms with van der Waals surface area (Å²) in [5.41, 5.74) is 1.87. The summed E-state index contributed by atoms with van der Waals surface area (Å²) in [5.74, 6) is 0.830. The Kier molecular flexibility index (Phi) is 4.33. The maximum Gasteiger partial charge on any atom is 0.251 e. The number of thioether (sulfide) groups is 1. The smallest absolute Gasteiger partial charge is 0.251 e. The molecular weight excluding hydrogens is 242 g/mol. The first-order chi connectivity index (χ1) is 8.60. The minimum Gasteiger partial charge on any atom is -0.349 e. The molecule has 0 heterocycles. The number of carbonyl (C=O) groups excluding carboxylic acids is 1. The molecule has 0 bridgehead atoms. The van der Waals surface area contributed by atoms with Gasteiger partial charge in [-0.25, -0.2) is 0 Å². The van der Waals surface area contributed by atoms with Crippen LogP contribution in [0.1, 0.15) is 42.1 Å². The minimum absolute atomic E-state index is 0.0856. The van der Waals surface area contributed by atoms with Gasteiger partial charge >= 0.3 is 0 Å². The zero-order chi connectivity index (χ0) is 13.1. The molecule has 1 N–H and O–H groups in total. The van der Waals surface area contributed by atoms with Gasteiger partial charge < -0.3 is 5.32 Å². The third-order valence-corrected chi connectivity index (χ3v) is 4.44. The normalized spacial score (nSPS) is 23.1. The molecule has 18 heavy (non-hydrogen) atoms. The second-order valence-corrected chi connectivity index (χ2v) is 6.15. The molecule has 1 fully saturated rings. The van der Waals surface area contributed by atoms with Gasteiger partial charge in [-0.05, 0) is 56.1 Å². The minimum atomic E-state index is 0.0856. The van der Waals surface area contributed by atoms with Gasteiger partial charge in [-0.3, -0.25) is 4.79 Å². The highest BCUT2D eigenvalue weighted by Crippen LogP contribution is 2.25. The number of rotatable bonds is 3. The van der Waals surface area contributed by atoms with Crippen LogP contribution < -0.4 is 5.32 Å². The van der Waals surface area contributed by atoms with Gasteiger partial charge in [-0.1, -0.05) is 13.0 Å². The molecule has 3 heteroatoms. The first kappa shape index (κ1) is 13.5. The molecule has 2 unspecified atom stereocenters. The van der Waals surface area contributed by atoms with Crippen molar-refractivity contribution in [2.75, 3.05) is 6.26 Å². The SMILES string of the molecule is CSc1ccc(C)c(C(=O)NC2CCC(C)C2)c1. The summed E-state index contributed by atoms with van der Waals surface area (Å²) in [6.45, 7) is 4.25. The topological polar surface area (TPSA) is 29.1 Å². The van der Waals surface area contributed by atoms with Crippen LogP contribution in [0, 0.1) is 12.8 Å². The average Bonchev–Trinajstić information content (AvgIpc) is 2.75. The highest BCUT2D eigenvalue weighted by atomic mass is 32.2. The number of carbonyl (C=O) groups is 1. The molecule has 1 aliphatic carbocycles. The predicted molar refractivity (Wildman–Crippen MR) is 77.2 cm³/mol. The highest BCUT2D eigenvalue weighted by Gasteiger charge is 2.23. The number of aryl methyl sites for hydroxylation is 1. The quantitative estimate of drug-likeness (QED) is 0.844. The number of hydrogen-bond acceptors (Lipinski definition) is 2. The molecule has 1 aromatic carbocycles. The van der Waals surface area contributed by atoms with Gasteiger partial charge in [-0.15, -0.1) is 11.8 Å². The second kappa shape index (κ2) is 5.79. The van der Waals surface area contributed by atoms with Crippen LogP contribution in [0.2, 0.25) is 0 Å². The first-order valence-electron chi connectivity index (χ1n) is 6.55. The third kappa shape index (κ3) is 3.08. The van der Waals surface area contributed by atoms with Crippen molar-refractivity contribution in [1.82, 2.24) is 5.32 Å². The zero-order valence-corrected chi connectivity index (χ0v) is 12.1. The number of amides is 1. The predicted octanol–water partition coefficient (Wildman–Crippen LogP) is 3.64. The maximum atomic E-state index is 12.3. The largest absolute Gasteiger partial charge is 0.349 e. The van der Waals surface area contributed by atoms with Crippen molar-refractivity contribution in [1.29, 1.82) is 0 Å². The van der Waals surface area contributed by atoms with Crippen LogP contribution in [0.3, 0.4) is 0 Å². The lowest BCUT2D eigenvalue weighted by molar-refractivity contribution is 0.0936. The van der Waals surface area contributed by atoms with Gasteiger partial charge in [-0.2, -0.15) is 0 Å². The standard InChI is InChI=1S/C15H21NOS/c1-10-4-6-12(8-10)16-15(17)14-9-13(18-3)7-5-11(14)2/h5,7,9-10,12H,4,6,8H2,1-3H3,(H,16,17). The Morgan fingerprint density at radius 2 is 2.17 bits per heavy atom. The molecule has 1 amide bonds. The fourth-order valence-corrected chi connectivity index (χ4v) is 3.01. The van der Waals surface area contributed by atoms with Crippen molar-refractivity contribution < 1.29 is 4.79 Å². The van der Waals surface area contributed by atoms with Crippen LogP contribution in [0.25, 0.3) is 0 Å². The highest BCUT2D eigenvalue weighted by molar-refractivity contribution is 7.98. The molecule has 1 aliphatic rings. The lowest BCUT2D eigenvalue weighted by atomic mass is 10.1. The number of nitrogens with one attached hydrogen (secondary N) is 1. The van der Waals surface area contributed by atoms with Crippen LogP contribution in [0.15, 0.2) is 23.1 Å².